The van der Waals surface area contributed by atoms with Crippen molar-refractivity contribution >= 4 is 11.9 Å². The lowest BCUT2D eigenvalue weighted by Crippen LogP contribution is -2.67. The highest BCUT2D eigenvalue weighted by molar-refractivity contribution is 5.66. The number of azide groups is 3. The quantitative estimate of drug-likeness (QED) is 0.0588. The van der Waals surface area contributed by atoms with Gasteiger partial charge in [-0.05, 0) is 33.3 Å². The number of nitrogens with zero attached hydrogens (tertiary/aromatic N) is 9. The van der Waals surface area contributed by atoms with Crippen LogP contribution < -0.4 is 0 Å². The fraction of sp³-hybridized carbons (Fsp3) is 0.545. The Bertz CT molecular complexity index is 2210. The van der Waals surface area contributed by atoms with E-state index in [2.05, 4.69) is 30.1 Å². The summed E-state index contributed by atoms with van der Waals surface area (Å²) in [7, 11) is 1.30. The smallest absolute Gasteiger partial charge is 0.303 e. The lowest BCUT2D eigenvalue weighted by molar-refractivity contribution is -0.351. The van der Waals surface area contributed by atoms with Gasteiger partial charge in [0.2, 0.25) is 0 Å². The lowest BCUT2D eigenvalue weighted by Gasteiger charge is -2.49. The van der Waals surface area contributed by atoms with E-state index in [9.17, 15) is 36.4 Å². The van der Waals surface area contributed by atoms with E-state index in [1.54, 1.807) is 0 Å². The highest BCUT2D eigenvalue weighted by atomic mass is 16.8. The number of carbonyl (C=O) groups excluding carboxylic acids is 2. The van der Waals surface area contributed by atoms with Gasteiger partial charge in [0, 0.05) is 35.7 Å². The number of hydrogen-bond donors (Lipinski definition) is 2. The molecule has 0 saturated carbocycles. The molecule has 24 nitrogen and oxygen atoms in total. The van der Waals surface area contributed by atoms with Crippen LogP contribution in [0.4, 0.5) is 0 Å². The van der Waals surface area contributed by atoms with Crippen molar-refractivity contribution < 1.29 is 71.9 Å². The third-order valence-electron chi connectivity index (χ3n) is 11.1. The van der Waals surface area contributed by atoms with Crippen LogP contribution in [0.25, 0.3) is 31.3 Å². The summed E-state index contributed by atoms with van der Waals surface area (Å²) in [5.41, 5.74) is 31.6. The number of aliphatic hydroxyl groups excluding tert-OH is 2. The first-order valence-electron chi connectivity index (χ1n) is 21.5. The van der Waals surface area contributed by atoms with Gasteiger partial charge in [-0.15, -0.1) is 0 Å². The van der Waals surface area contributed by atoms with Crippen molar-refractivity contribution in [3.8, 4) is 0 Å². The molecule has 0 unspecified atom stereocenters. The largest absolute Gasteiger partial charge is 0.459 e. The molecule has 3 saturated heterocycles. The van der Waals surface area contributed by atoms with Gasteiger partial charge in [0.15, 0.2) is 18.9 Å². The molecule has 0 aromatic heterocycles. The fourth-order valence-corrected chi connectivity index (χ4v) is 7.96. The third-order valence-corrected chi connectivity index (χ3v) is 11.1. The molecular weight excluding hydrogens is 895 g/mol. The average molecular weight is 948 g/mol. The molecule has 3 aliphatic rings. The van der Waals surface area contributed by atoms with Crippen molar-refractivity contribution in [3.63, 3.8) is 0 Å². The number of rotatable bonds is 22. The van der Waals surface area contributed by atoms with E-state index in [-0.39, 0.29) is 39.6 Å². The van der Waals surface area contributed by atoms with E-state index >= 15 is 0 Å². The second kappa shape index (κ2) is 26.0. The molecule has 0 amide bonds. The van der Waals surface area contributed by atoms with Gasteiger partial charge < -0.3 is 62.3 Å². The number of ether oxygens (including phenoxy) is 11. The highest BCUT2D eigenvalue weighted by Gasteiger charge is 2.56. The minimum absolute atomic E-state index is 0.0437. The molecule has 0 spiro atoms. The van der Waals surface area contributed by atoms with Crippen LogP contribution in [0.5, 0.6) is 0 Å². The normalized spacial score (nSPS) is 31.2. The van der Waals surface area contributed by atoms with Crippen LogP contribution in [0.1, 0.15) is 30.5 Å². The number of carbonyl (C=O) groups is 2. The lowest BCUT2D eigenvalue weighted by atomic mass is 9.94. The van der Waals surface area contributed by atoms with Gasteiger partial charge in [-0.2, -0.15) is 0 Å². The molecule has 2 N–H and O–H groups in total. The Balaban J connectivity index is 1.36. The Morgan fingerprint density at radius 2 is 0.882 bits per heavy atom. The third kappa shape index (κ3) is 13.8. The summed E-state index contributed by atoms with van der Waals surface area (Å²) in [6.07, 6.45) is -17.8. The van der Waals surface area contributed by atoms with Crippen molar-refractivity contribution in [1.82, 2.24) is 0 Å². The molecule has 68 heavy (non-hydrogen) atoms. The van der Waals surface area contributed by atoms with Crippen LogP contribution in [0.15, 0.2) is 106 Å². The summed E-state index contributed by atoms with van der Waals surface area (Å²) < 4.78 is 67.3. The predicted octanol–water partition coefficient (Wildman–Crippen LogP) is 4.85. The first-order chi connectivity index (χ1) is 33.0. The van der Waals surface area contributed by atoms with Crippen LogP contribution in [0, 0.1) is 0 Å². The van der Waals surface area contributed by atoms with E-state index in [4.69, 9.17) is 52.1 Å². The number of benzene rings is 3. The summed E-state index contributed by atoms with van der Waals surface area (Å²) in [6, 6.07) is 22.9. The number of hydrogen-bond acceptors (Lipinski definition) is 18. The van der Waals surface area contributed by atoms with Crippen LogP contribution >= 0.6 is 0 Å². The second-order valence-corrected chi connectivity index (χ2v) is 15.8. The maximum atomic E-state index is 13.0. The highest BCUT2D eigenvalue weighted by Crippen LogP contribution is 2.37. The second-order valence-electron chi connectivity index (χ2n) is 15.8. The summed E-state index contributed by atoms with van der Waals surface area (Å²) in [5, 5.41) is 33.9. The Labute approximate surface area is 390 Å². The Morgan fingerprint density at radius 1 is 0.529 bits per heavy atom. The van der Waals surface area contributed by atoms with Crippen LogP contribution in [-0.4, -0.2) is 141 Å². The molecule has 15 atom stereocenters. The summed E-state index contributed by atoms with van der Waals surface area (Å²) in [5.74, 6) is -1.67. The zero-order valence-electron chi connectivity index (χ0n) is 37.3. The van der Waals surface area contributed by atoms with Crippen LogP contribution in [-0.2, 0) is 81.5 Å². The zero-order valence-corrected chi connectivity index (χ0v) is 37.3. The standard InChI is InChI=1S/C44H53N9O15/c1-25(54)62-40-34(49-52-46)42(58-3)65-31(23-60-20-28-15-9-5-10-16-28)38(40)68-44-35(50-53-47)41(63-26(2)55)39(32(66-44)24-61-21-29-17-11-6-12-18-29)67-43-33(48-51-45)37(57)36(56)30(64-43)22-59-19-27-13-7-4-8-14-27/h4-18,30-44,56-57H,19-24H2,1-3H3/t30-,31-,32-,33-,34-,35-,36+,37-,38+,39+,40-,41-,42+,43-,44-/m1/s1. The fourth-order valence-electron chi connectivity index (χ4n) is 7.96. The first kappa shape index (κ1) is 51.5. The summed E-state index contributed by atoms with van der Waals surface area (Å²) in [6.45, 7) is 1.70. The van der Waals surface area contributed by atoms with E-state index in [0.717, 1.165) is 30.5 Å². The summed E-state index contributed by atoms with van der Waals surface area (Å²) >= 11 is 0. The Hall–Kier alpha value is -5.91. The molecule has 3 aromatic rings. The van der Waals surface area contributed by atoms with E-state index in [1.165, 1.54) is 7.11 Å². The van der Waals surface area contributed by atoms with E-state index in [0.29, 0.717) is 0 Å². The minimum Gasteiger partial charge on any atom is -0.459 e. The predicted molar refractivity (Wildman–Crippen MR) is 233 cm³/mol. The van der Waals surface area contributed by atoms with Gasteiger partial charge in [0.05, 0.1) is 45.7 Å². The molecular formula is C44H53N9O15. The number of esters is 2. The molecule has 3 fully saturated rings. The molecule has 24 heteroatoms. The van der Waals surface area contributed by atoms with Crippen molar-refractivity contribution in [1.29, 1.82) is 0 Å². The molecule has 6 rings (SSSR count). The first-order valence-corrected chi connectivity index (χ1v) is 21.5. The number of aliphatic hydroxyl groups is 2. The Kier molecular flexibility index (Phi) is 19.7. The maximum Gasteiger partial charge on any atom is 0.303 e. The van der Waals surface area contributed by atoms with Gasteiger partial charge in [-0.1, -0.05) is 106 Å². The molecule has 364 valence electrons. The van der Waals surface area contributed by atoms with E-state index < -0.39 is 104 Å². The zero-order chi connectivity index (χ0) is 48.4. The van der Waals surface area contributed by atoms with Gasteiger partial charge in [0.25, 0.3) is 0 Å². The average Bonchev–Trinajstić information content (AvgIpc) is 3.33. The van der Waals surface area contributed by atoms with Gasteiger partial charge in [-0.3, -0.25) is 9.59 Å². The monoisotopic (exact) mass is 947 g/mol. The van der Waals surface area contributed by atoms with Crippen molar-refractivity contribution in [2.45, 2.75) is 126 Å². The van der Waals surface area contributed by atoms with Gasteiger partial charge >= 0.3 is 11.9 Å². The van der Waals surface area contributed by atoms with Crippen molar-refractivity contribution in [2.75, 3.05) is 26.9 Å². The molecule has 3 aliphatic heterocycles. The molecule has 0 aliphatic carbocycles. The van der Waals surface area contributed by atoms with Crippen molar-refractivity contribution in [2.24, 2.45) is 15.3 Å². The van der Waals surface area contributed by atoms with Crippen LogP contribution in [0.3, 0.4) is 0 Å². The number of methoxy groups -OCH3 is 1. The van der Waals surface area contributed by atoms with Crippen molar-refractivity contribution in [3.05, 3.63) is 139 Å². The molecule has 0 bridgehead atoms. The van der Waals surface area contributed by atoms with Gasteiger partial charge in [-0.25, -0.2) is 0 Å². The van der Waals surface area contributed by atoms with Crippen LogP contribution in [0.2, 0.25) is 0 Å². The van der Waals surface area contributed by atoms with Gasteiger partial charge in [0.1, 0.15) is 67.0 Å². The molecule has 3 heterocycles. The Morgan fingerprint density at radius 3 is 1.28 bits per heavy atom. The van der Waals surface area contributed by atoms with E-state index in [1.807, 2.05) is 91.0 Å². The summed E-state index contributed by atoms with van der Waals surface area (Å²) in [4.78, 5) is 34.5. The topological polar surface area (TPSA) is 322 Å². The SMILES string of the molecule is CO[C@H]1O[C@H](COCc2ccccc2)[C@H](O[C@H]2O[C@H](COCc3ccccc3)[C@H](O[C@H]3O[C@H](COCc4ccccc4)[C@H](O)[C@H](O)[C@H]3N=[N+]=[N-])[C@H](OC(C)=O)[C@H]2N=[N+]=[N-])[C@H](OC(C)=O)[C@H]1N=[N+]=[N-]. The molecule has 3 aromatic carbocycles. The maximum absolute atomic E-state index is 13.0. The minimum atomic E-state index is -1.76. The molecule has 0 radical (unpaired) electrons.